The first-order chi connectivity index (χ1) is 3.83. The van der Waals surface area contributed by atoms with Crippen LogP contribution in [0, 0.1) is 0 Å². The van der Waals surface area contributed by atoms with E-state index in [4.69, 9.17) is 22.9 Å². The second-order valence-electron chi connectivity index (χ2n) is 1.15. The fourth-order valence-electron chi connectivity index (χ4n) is 0. The molecule has 12 N–H and O–H groups in total. The largest absolute Gasteiger partial charge is 0.412 e. The molecule has 0 aromatic carbocycles. The van der Waals surface area contributed by atoms with Crippen LogP contribution in [0.5, 0.6) is 0 Å². The molecular formula is C4H20CuN4O2. The molecule has 6 nitrogen and oxygen atoms in total. The molecule has 0 rings (SSSR count). The maximum atomic E-state index is 4.90. The van der Waals surface area contributed by atoms with Gasteiger partial charge in [0.2, 0.25) is 0 Å². The maximum Gasteiger partial charge on any atom is 0.00461 e. The molecule has 7 heteroatoms. The molecule has 0 spiro atoms. The molecule has 0 aromatic rings. The van der Waals surface area contributed by atoms with Crippen LogP contribution in [0.3, 0.4) is 0 Å². The average molecular weight is 220 g/mol. The van der Waals surface area contributed by atoms with Gasteiger partial charge in [0, 0.05) is 43.2 Å². The first-order valence-electron chi connectivity index (χ1n) is 2.63. The summed E-state index contributed by atoms with van der Waals surface area (Å²) >= 11 is 0. The van der Waals surface area contributed by atoms with Gasteiger partial charge in [-0.25, -0.2) is 0 Å². The molecule has 79 valence electrons. The maximum absolute atomic E-state index is 4.90. The van der Waals surface area contributed by atoms with Crippen LogP contribution in [0.4, 0.5) is 0 Å². The van der Waals surface area contributed by atoms with Crippen molar-refractivity contribution in [3.63, 3.8) is 0 Å². The van der Waals surface area contributed by atoms with E-state index in [9.17, 15) is 0 Å². The van der Waals surface area contributed by atoms with Gasteiger partial charge in [-0.1, -0.05) is 0 Å². The van der Waals surface area contributed by atoms with Crippen molar-refractivity contribution in [3.05, 3.63) is 0 Å². The van der Waals surface area contributed by atoms with E-state index in [0.29, 0.717) is 26.2 Å². The molecule has 0 saturated heterocycles. The predicted molar refractivity (Wildman–Crippen MR) is 43.4 cm³/mol. The van der Waals surface area contributed by atoms with Gasteiger partial charge >= 0.3 is 0 Å². The van der Waals surface area contributed by atoms with E-state index in [1.165, 1.54) is 0 Å². The van der Waals surface area contributed by atoms with E-state index in [1.54, 1.807) is 0 Å². The van der Waals surface area contributed by atoms with Crippen molar-refractivity contribution in [1.82, 2.24) is 0 Å². The van der Waals surface area contributed by atoms with E-state index in [0.717, 1.165) is 0 Å². The Morgan fingerprint density at radius 2 is 0.636 bits per heavy atom. The fraction of sp³-hybridized carbons (Fsp3) is 1.00. The van der Waals surface area contributed by atoms with Gasteiger partial charge in [0.05, 0.1) is 0 Å². The van der Waals surface area contributed by atoms with Gasteiger partial charge in [-0.05, 0) is 0 Å². The Kier molecular flexibility index (Phi) is 133. The Morgan fingerprint density at radius 3 is 0.636 bits per heavy atom. The molecule has 0 aliphatic rings. The van der Waals surface area contributed by atoms with Gasteiger partial charge in [-0.3, -0.25) is 0 Å². The molecule has 0 aromatic heterocycles. The van der Waals surface area contributed by atoms with Gasteiger partial charge in [0.25, 0.3) is 0 Å². The topological polar surface area (TPSA) is 167 Å². The SMILES string of the molecule is NCCN.NCCN.O.O.[Cu]. The van der Waals surface area contributed by atoms with Gasteiger partial charge in [-0.2, -0.15) is 0 Å². The molecule has 0 fully saturated rings. The van der Waals surface area contributed by atoms with Gasteiger partial charge in [0.1, 0.15) is 0 Å². The fourth-order valence-corrected chi connectivity index (χ4v) is 0. The zero-order valence-electron chi connectivity index (χ0n) is 6.44. The predicted octanol–water partition coefficient (Wildman–Crippen LogP) is -3.84. The van der Waals surface area contributed by atoms with Crippen LogP contribution in [0.1, 0.15) is 0 Å². The Bertz CT molecular complexity index is 28.1. The molecule has 0 bridgehead atoms. The van der Waals surface area contributed by atoms with Gasteiger partial charge in [-0.15, -0.1) is 0 Å². The average Bonchev–Trinajstić information content (AvgIpc) is 1.88. The molecular weight excluding hydrogens is 200 g/mol. The van der Waals surface area contributed by atoms with Crippen molar-refractivity contribution in [2.75, 3.05) is 26.2 Å². The number of hydrogen-bond acceptors (Lipinski definition) is 4. The minimum absolute atomic E-state index is 0. The van der Waals surface area contributed by atoms with Crippen LogP contribution in [0.15, 0.2) is 0 Å². The van der Waals surface area contributed by atoms with Crippen molar-refractivity contribution in [2.45, 2.75) is 0 Å². The summed E-state index contributed by atoms with van der Waals surface area (Å²) in [6.45, 7) is 2.39. The Hall–Kier alpha value is 0.279. The summed E-state index contributed by atoms with van der Waals surface area (Å²) in [6.07, 6.45) is 0. The van der Waals surface area contributed by atoms with Crippen LogP contribution in [0.2, 0.25) is 0 Å². The van der Waals surface area contributed by atoms with E-state index >= 15 is 0 Å². The summed E-state index contributed by atoms with van der Waals surface area (Å²) in [4.78, 5) is 0. The van der Waals surface area contributed by atoms with Gasteiger partial charge < -0.3 is 33.9 Å². The Morgan fingerprint density at radius 1 is 0.545 bits per heavy atom. The Labute approximate surface area is 77.8 Å². The summed E-state index contributed by atoms with van der Waals surface area (Å²) in [5.41, 5.74) is 19.6. The van der Waals surface area contributed by atoms with Crippen molar-refractivity contribution in [3.8, 4) is 0 Å². The quantitative estimate of drug-likeness (QED) is 0.349. The molecule has 11 heavy (non-hydrogen) atoms. The van der Waals surface area contributed by atoms with E-state index in [-0.39, 0.29) is 28.0 Å². The van der Waals surface area contributed by atoms with E-state index in [2.05, 4.69) is 0 Å². The van der Waals surface area contributed by atoms with Crippen molar-refractivity contribution in [1.29, 1.82) is 0 Å². The van der Waals surface area contributed by atoms with Crippen LogP contribution in [0.25, 0.3) is 0 Å². The first kappa shape index (κ1) is 30.2. The molecule has 0 unspecified atom stereocenters. The van der Waals surface area contributed by atoms with Crippen molar-refractivity contribution in [2.24, 2.45) is 22.9 Å². The number of nitrogens with two attached hydrogens (primary N) is 4. The monoisotopic (exact) mass is 219 g/mol. The molecule has 1 radical (unpaired) electrons. The zero-order valence-corrected chi connectivity index (χ0v) is 7.38. The number of hydrogen-bond donors (Lipinski definition) is 4. The molecule has 0 atom stereocenters. The summed E-state index contributed by atoms with van der Waals surface area (Å²) in [5.74, 6) is 0. The van der Waals surface area contributed by atoms with E-state index in [1.807, 2.05) is 0 Å². The van der Waals surface area contributed by atoms with Crippen LogP contribution in [-0.2, 0) is 17.1 Å². The Balaban J connectivity index is -0.0000000171. The first-order valence-corrected chi connectivity index (χ1v) is 2.63. The second kappa shape index (κ2) is 48.3. The second-order valence-corrected chi connectivity index (χ2v) is 1.15. The third-order valence-corrected chi connectivity index (χ3v) is 0.333. The number of rotatable bonds is 2. The normalized spacial score (nSPS) is 5.45. The molecule has 0 saturated carbocycles. The van der Waals surface area contributed by atoms with Crippen molar-refractivity contribution < 1.29 is 28.0 Å². The van der Waals surface area contributed by atoms with E-state index < -0.39 is 0 Å². The van der Waals surface area contributed by atoms with Crippen LogP contribution in [-0.4, -0.2) is 37.1 Å². The molecule has 0 aliphatic carbocycles. The minimum Gasteiger partial charge on any atom is -0.412 e. The summed E-state index contributed by atoms with van der Waals surface area (Å²) < 4.78 is 0. The standard InChI is InChI=1S/2C2H8N2.Cu.2H2O/c2*3-1-2-4;;;/h2*1-4H2;;2*1H2. The minimum atomic E-state index is 0. The van der Waals surface area contributed by atoms with Crippen LogP contribution < -0.4 is 22.9 Å². The third kappa shape index (κ3) is 136. The molecule has 0 aliphatic heterocycles. The van der Waals surface area contributed by atoms with Gasteiger partial charge in [0.15, 0.2) is 0 Å². The smallest absolute Gasteiger partial charge is 0.00461 e. The molecule has 0 heterocycles. The molecule has 0 amide bonds. The summed E-state index contributed by atoms with van der Waals surface area (Å²) in [7, 11) is 0. The van der Waals surface area contributed by atoms with Crippen LogP contribution >= 0.6 is 0 Å². The zero-order chi connectivity index (χ0) is 6.83. The summed E-state index contributed by atoms with van der Waals surface area (Å²) in [6, 6.07) is 0. The summed E-state index contributed by atoms with van der Waals surface area (Å²) in [5, 5.41) is 0. The van der Waals surface area contributed by atoms with Crippen molar-refractivity contribution >= 4 is 0 Å². The third-order valence-electron chi connectivity index (χ3n) is 0.333.